The summed E-state index contributed by atoms with van der Waals surface area (Å²) in [6, 6.07) is 14.3. The molecule has 0 aliphatic heterocycles. The van der Waals surface area contributed by atoms with Crippen molar-refractivity contribution in [1.82, 2.24) is 9.97 Å². The molecule has 0 atom stereocenters. The van der Waals surface area contributed by atoms with Crippen molar-refractivity contribution in [3.05, 3.63) is 72.2 Å². The summed E-state index contributed by atoms with van der Waals surface area (Å²) < 4.78 is 4.71. The van der Waals surface area contributed by atoms with E-state index >= 15 is 0 Å². The molecule has 0 saturated heterocycles. The molecule has 148 valence electrons. The number of anilines is 4. The molecule has 29 heavy (non-hydrogen) atoms. The standard InChI is InChI=1S/C21H21N5O3/c1-26(2)17-9-7-15(8-10-17)25-20(27)18-12-23-19(13-22-18)24-16-6-4-5-14(11-16)21(28)29-3/h4-13H,1-3H3,(H,23,24)(H,25,27). The number of amides is 1. The molecule has 0 bridgehead atoms. The first-order valence-corrected chi connectivity index (χ1v) is 8.82. The molecular weight excluding hydrogens is 370 g/mol. The fraction of sp³-hybridized carbons (Fsp3) is 0.143. The Morgan fingerprint density at radius 3 is 2.34 bits per heavy atom. The number of esters is 1. The quantitative estimate of drug-likeness (QED) is 0.622. The van der Waals surface area contributed by atoms with E-state index in [2.05, 4.69) is 20.6 Å². The Hall–Kier alpha value is -3.94. The summed E-state index contributed by atoms with van der Waals surface area (Å²) in [6.45, 7) is 0. The van der Waals surface area contributed by atoms with E-state index < -0.39 is 5.97 Å². The Morgan fingerprint density at radius 2 is 1.72 bits per heavy atom. The molecular formula is C21H21N5O3. The van der Waals surface area contributed by atoms with E-state index in [0.717, 1.165) is 5.69 Å². The summed E-state index contributed by atoms with van der Waals surface area (Å²) in [5.41, 5.74) is 2.97. The van der Waals surface area contributed by atoms with Crippen LogP contribution in [0.2, 0.25) is 0 Å². The molecule has 2 N–H and O–H groups in total. The lowest BCUT2D eigenvalue weighted by molar-refractivity contribution is 0.0600. The molecule has 0 aliphatic rings. The van der Waals surface area contributed by atoms with Gasteiger partial charge in [-0.15, -0.1) is 0 Å². The van der Waals surface area contributed by atoms with E-state index in [0.29, 0.717) is 22.8 Å². The van der Waals surface area contributed by atoms with Crippen LogP contribution >= 0.6 is 0 Å². The van der Waals surface area contributed by atoms with Gasteiger partial charge in [0, 0.05) is 31.2 Å². The smallest absolute Gasteiger partial charge is 0.337 e. The summed E-state index contributed by atoms with van der Waals surface area (Å²) in [6.07, 6.45) is 2.84. The van der Waals surface area contributed by atoms with Crippen LogP contribution < -0.4 is 15.5 Å². The Labute approximate surface area is 168 Å². The SMILES string of the molecule is COC(=O)c1cccc(Nc2cnc(C(=O)Nc3ccc(N(C)C)cc3)cn2)c1. The fourth-order valence-electron chi connectivity index (χ4n) is 2.54. The first-order chi connectivity index (χ1) is 14.0. The molecule has 0 aliphatic carbocycles. The summed E-state index contributed by atoms with van der Waals surface area (Å²) in [7, 11) is 5.23. The number of benzene rings is 2. The van der Waals surface area contributed by atoms with Crippen molar-refractivity contribution < 1.29 is 14.3 Å². The topological polar surface area (TPSA) is 96.4 Å². The molecule has 0 spiro atoms. The van der Waals surface area contributed by atoms with Crippen LogP contribution in [-0.4, -0.2) is 43.0 Å². The van der Waals surface area contributed by atoms with Gasteiger partial charge in [-0.25, -0.2) is 14.8 Å². The molecule has 0 radical (unpaired) electrons. The highest BCUT2D eigenvalue weighted by atomic mass is 16.5. The average molecular weight is 391 g/mol. The molecule has 2 aromatic carbocycles. The van der Waals surface area contributed by atoms with Gasteiger partial charge in [-0.2, -0.15) is 0 Å². The molecule has 8 heteroatoms. The van der Waals surface area contributed by atoms with Crippen LogP contribution in [0.4, 0.5) is 22.9 Å². The third kappa shape index (κ3) is 5.07. The van der Waals surface area contributed by atoms with Gasteiger partial charge in [0.15, 0.2) is 0 Å². The van der Waals surface area contributed by atoms with Crippen LogP contribution in [0.3, 0.4) is 0 Å². The zero-order valence-electron chi connectivity index (χ0n) is 16.3. The monoisotopic (exact) mass is 391 g/mol. The number of nitrogens with zero attached hydrogens (tertiary/aromatic N) is 3. The molecule has 1 heterocycles. The summed E-state index contributed by atoms with van der Waals surface area (Å²) >= 11 is 0. The first kappa shape index (κ1) is 19.8. The number of rotatable bonds is 6. The number of ether oxygens (including phenoxy) is 1. The lowest BCUT2D eigenvalue weighted by atomic mass is 10.2. The van der Waals surface area contributed by atoms with Gasteiger partial charge in [-0.3, -0.25) is 4.79 Å². The van der Waals surface area contributed by atoms with Gasteiger partial charge >= 0.3 is 5.97 Å². The zero-order chi connectivity index (χ0) is 20.8. The molecule has 0 unspecified atom stereocenters. The van der Waals surface area contributed by atoms with E-state index in [1.165, 1.54) is 19.5 Å². The van der Waals surface area contributed by atoms with Crippen molar-refractivity contribution in [2.24, 2.45) is 0 Å². The van der Waals surface area contributed by atoms with Crippen molar-refractivity contribution in [2.45, 2.75) is 0 Å². The lowest BCUT2D eigenvalue weighted by Crippen LogP contribution is -2.14. The number of hydrogen-bond acceptors (Lipinski definition) is 7. The van der Waals surface area contributed by atoms with E-state index in [1.807, 2.05) is 43.3 Å². The maximum absolute atomic E-state index is 12.4. The fourth-order valence-corrected chi connectivity index (χ4v) is 2.54. The molecule has 8 nitrogen and oxygen atoms in total. The Morgan fingerprint density at radius 1 is 0.966 bits per heavy atom. The molecule has 0 saturated carbocycles. The van der Waals surface area contributed by atoms with Crippen LogP contribution in [0.1, 0.15) is 20.8 Å². The van der Waals surface area contributed by atoms with Gasteiger partial charge in [-0.05, 0) is 42.5 Å². The van der Waals surface area contributed by atoms with Gasteiger partial charge in [0.1, 0.15) is 11.5 Å². The second-order valence-electron chi connectivity index (χ2n) is 6.38. The van der Waals surface area contributed by atoms with E-state index in [1.54, 1.807) is 24.3 Å². The highest BCUT2D eigenvalue weighted by molar-refractivity contribution is 6.02. The van der Waals surface area contributed by atoms with E-state index in [9.17, 15) is 9.59 Å². The first-order valence-electron chi connectivity index (χ1n) is 8.82. The van der Waals surface area contributed by atoms with Crippen LogP contribution in [0.5, 0.6) is 0 Å². The minimum atomic E-state index is -0.426. The Balaban J connectivity index is 1.65. The van der Waals surface area contributed by atoms with Gasteiger partial charge in [0.05, 0.1) is 25.1 Å². The number of hydrogen-bond donors (Lipinski definition) is 2. The average Bonchev–Trinajstić information content (AvgIpc) is 2.74. The van der Waals surface area contributed by atoms with Gasteiger partial charge in [0.25, 0.3) is 5.91 Å². The second-order valence-corrected chi connectivity index (χ2v) is 6.38. The third-order valence-electron chi connectivity index (χ3n) is 4.08. The number of aromatic nitrogens is 2. The van der Waals surface area contributed by atoms with Crippen molar-refractivity contribution >= 4 is 34.8 Å². The lowest BCUT2D eigenvalue weighted by Gasteiger charge is -2.13. The Bertz CT molecular complexity index is 1000. The summed E-state index contributed by atoms with van der Waals surface area (Å²) in [4.78, 5) is 34.3. The Kier molecular flexibility index (Phi) is 6.03. The zero-order valence-corrected chi connectivity index (χ0v) is 16.3. The maximum atomic E-state index is 12.4. The van der Waals surface area contributed by atoms with Crippen molar-refractivity contribution in [3.63, 3.8) is 0 Å². The van der Waals surface area contributed by atoms with Crippen LogP contribution in [0.25, 0.3) is 0 Å². The van der Waals surface area contributed by atoms with Gasteiger partial charge in [-0.1, -0.05) is 6.07 Å². The number of nitrogens with one attached hydrogen (secondary N) is 2. The van der Waals surface area contributed by atoms with E-state index in [4.69, 9.17) is 4.74 Å². The maximum Gasteiger partial charge on any atom is 0.337 e. The van der Waals surface area contributed by atoms with Crippen molar-refractivity contribution in [2.75, 3.05) is 36.7 Å². The van der Waals surface area contributed by atoms with Crippen LogP contribution in [-0.2, 0) is 4.74 Å². The predicted octanol–water partition coefficient (Wildman–Crippen LogP) is 3.33. The minimum absolute atomic E-state index is 0.190. The summed E-state index contributed by atoms with van der Waals surface area (Å²) in [5, 5.41) is 5.83. The molecule has 0 fully saturated rings. The molecule has 3 aromatic rings. The summed E-state index contributed by atoms with van der Waals surface area (Å²) in [5.74, 6) is -0.335. The largest absolute Gasteiger partial charge is 0.465 e. The van der Waals surface area contributed by atoms with Crippen molar-refractivity contribution in [3.8, 4) is 0 Å². The van der Waals surface area contributed by atoms with E-state index in [-0.39, 0.29) is 11.6 Å². The number of carbonyl (C=O) groups excluding carboxylic acids is 2. The highest BCUT2D eigenvalue weighted by Gasteiger charge is 2.10. The van der Waals surface area contributed by atoms with Crippen LogP contribution in [0.15, 0.2) is 60.9 Å². The van der Waals surface area contributed by atoms with Gasteiger partial charge in [0.2, 0.25) is 0 Å². The van der Waals surface area contributed by atoms with Crippen molar-refractivity contribution in [1.29, 1.82) is 0 Å². The number of carbonyl (C=O) groups is 2. The third-order valence-corrected chi connectivity index (χ3v) is 4.08. The molecule has 3 rings (SSSR count). The number of methoxy groups -OCH3 is 1. The molecule has 1 amide bonds. The highest BCUT2D eigenvalue weighted by Crippen LogP contribution is 2.18. The van der Waals surface area contributed by atoms with Gasteiger partial charge < -0.3 is 20.3 Å². The second kappa shape index (κ2) is 8.83. The normalized spacial score (nSPS) is 10.2. The predicted molar refractivity (Wildman–Crippen MR) is 112 cm³/mol. The molecule has 1 aromatic heterocycles. The minimum Gasteiger partial charge on any atom is -0.465 e. The van der Waals surface area contributed by atoms with Crippen LogP contribution in [0, 0.1) is 0 Å².